The number of nitrogens with zero attached hydrogens (tertiary/aromatic N) is 3. The van der Waals surface area contributed by atoms with E-state index in [1.165, 1.54) is 25.7 Å². The molecule has 1 aromatic heterocycles. The van der Waals surface area contributed by atoms with E-state index in [0.29, 0.717) is 18.1 Å². The molecule has 0 radical (unpaired) electrons. The van der Waals surface area contributed by atoms with Crippen molar-refractivity contribution >= 4 is 17.4 Å². The summed E-state index contributed by atoms with van der Waals surface area (Å²) < 4.78 is 0. The van der Waals surface area contributed by atoms with Crippen LogP contribution in [-0.2, 0) is 9.63 Å². The molecule has 1 aliphatic rings. The SMILES string of the molecule is CCCCCCCCO/N=C1/C(=O)N(C(C)C)c2ncccc21. The van der Waals surface area contributed by atoms with Gasteiger partial charge in [-0.25, -0.2) is 4.98 Å². The van der Waals surface area contributed by atoms with E-state index in [2.05, 4.69) is 17.1 Å². The molecule has 2 heterocycles. The number of anilines is 1. The minimum absolute atomic E-state index is 0.0439. The number of unbranched alkanes of at least 4 members (excludes halogenated alkanes) is 5. The lowest BCUT2D eigenvalue weighted by molar-refractivity contribution is -0.112. The molecule has 2 rings (SSSR count). The van der Waals surface area contributed by atoms with Gasteiger partial charge in [-0.05, 0) is 38.8 Å². The Kier molecular flexibility index (Phi) is 6.56. The first-order chi connectivity index (χ1) is 11.2. The molecule has 23 heavy (non-hydrogen) atoms. The zero-order valence-corrected chi connectivity index (χ0v) is 14.4. The number of amides is 1. The summed E-state index contributed by atoms with van der Waals surface area (Å²) in [6.45, 7) is 6.71. The Morgan fingerprint density at radius 1 is 1.22 bits per heavy atom. The van der Waals surface area contributed by atoms with Gasteiger partial charge in [0.1, 0.15) is 12.4 Å². The smallest absolute Gasteiger partial charge is 0.282 e. The molecule has 0 unspecified atom stereocenters. The highest BCUT2D eigenvalue weighted by Gasteiger charge is 2.37. The maximum absolute atomic E-state index is 12.5. The molecule has 0 bridgehead atoms. The number of carbonyl (C=O) groups is 1. The maximum Gasteiger partial charge on any atom is 0.282 e. The van der Waals surface area contributed by atoms with Crippen LogP contribution in [-0.4, -0.2) is 29.3 Å². The Morgan fingerprint density at radius 3 is 2.70 bits per heavy atom. The number of oxime groups is 1. The zero-order valence-electron chi connectivity index (χ0n) is 14.4. The highest BCUT2D eigenvalue weighted by atomic mass is 16.6. The molecule has 0 aromatic carbocycles. The van der Waals surface area contributed by atoms with Gasteiger partial charge in [0, 0.05) is 12.2 Å². The van der Waals surface area contributed by atoms with E-state index in [1.807, 2.05) is 26.0 Å². The molecular formula is C18H27N3O2. The van der Waals surface area contributed by atoms with E-state index in [4.69, 9.17) is 4.84 Å². The van der Waals surface area contributed by atoms with Crippen molar-refractivity contribution in [2.24, 2.45) is 5.16 Å². The third kappa shape index (κ3) is 4.30. The van der Waals surface area contributed by atoms with Gasteiger partial charge in [-0.3, -0.25) is 9.69 Å². The van der Waals surface area contributed by atoms with Crippen LogP contribution in [0.5, 0.6) is 0 Å². The van der Waals surface area contributed by atoms with Crippen LogP contribution in [0.3, 0.4) is 0 Å². The minimum atomic E-state index is -0.128. The Hall–Kier alpha value is -1.91. The molecule has 0 N–H and O–H groups in total. The van der Waals surface area contributed by atoms with Crippen LogP contribution in [0.2, 0.25) is 0 Å². The van der Waals surface area contributed by atoms with E-state index in [-0.39, 0.29) is 11.9 Å². The summed E-state index contributed by atoms with van der Waals surface area (Å²) in [5.74, 6) is 0.547. The molecule has 5 heteroatoms. The lowest BCUT2D eigenvalue weighted by atomic mass is 10.1. The fourth-order valence-electron chi connectivity index (χ4n) is 2.72. The van der Waals surface area contributed by atoms with Crippen LogP contribution >= 0.6 is 0 Å². The average Bonchev–Trinajstić information content (AvgIpc) is 2.82. The van der Waals surface area contributed by atoms with E-state index >= 15 is 0 Å². The first-order valence-corrected chi connectivity index (χ1v) is 8.65. The fourth-order valence-corrected chi connectivity index (χ4v) is 2.72. The first-order valence-electron chi connectivity index (χ1n) is 8.65. The standard InChI is InChI=1S/C18H27N3O2/c1-4-5-6-7-8-9-13-23-20-16-15-11-10-12-19-17(15)21(14(2)3)18(16)22/h10-12,14H,4-9,13H2,1-3H3/b20-16+. The van der Waals surface area contributed by atoms with Gasteiger partial charge >= 0.3 is 0 Å². The number of hydrogen-bond donors (Lipinski definition) is 0. The van der Waals surface area contributed by atoms with Crippen molar-refractivity contribution in [3.63, 3.8) is 0 Å². The summed E-state index contributed by atoms with van der Waals surface area (Å²) >= 11 is 0. The van der Waals surface area contributed by atoms with Gasteiger partial charge in [0.15, 0.2) is 5.71 Å². The van der Waals surface area contributed by atoms with Crippen molar-refractivity contribution < 1.29 is 9.63 Å². The van der Waals surface area contributed by atoms with Crippen LogP contribution in [0.15, 0.2) is 23.5 Å². The molecule has 5 nitrogen and oxygen atoms in total. The van der Waals surface area contributed by atoms with Gasteiger partial charge in [0.05, 0.1) is 5.56 Å². The molecule has 1 aliphatic heterocycles. The third-order valence-electron chi connectivity index (χ3n) is 3.95. The molecule has 1 amide bonds. The summed E-state index contributed by atoms with van der Waals surface area (Å²) in [4.78, 5) is 23.9. The number of rotatable bonds is 9. The quantitative estimate of drug-likeness (QED) is 0.512. The molecule has 0 saturated heterocycles. The Balaban J connectivity index is 1.91. The van der Waals surface area contributed by atoms with Crippen molar-refractivity contribution in [1.82, 2.24) is 4.98 Å². The molecule has 1 aromatic rings. The monoisotopic (exact) mass is 317 g/mol. The number of carbonyl (C=O) groups excluding carboxylic acids is 1. The van der Waals surface area contributed by atoms with Crippen LogP contribution in [0.4, 0.5) is 5.82 Å². The first kappa shape index (κ1) is 17.4. The Morgan fingerprint density at radius 2 is 1.96 bits per heavy atom. The van der Waals surface area contributed by atoms with Gasteiger partial charge in [-0.15, -0.1) is 0 Å². The van der Waals surface area contributed by atoms with Gasteiger partial charge < -0.3 is 4.84 Å². The number of aromatic nitrogens is 1. The average molecular weight is 317 g/mol. The van der Waals surface area contributed by atoms with Crippen LogP contribution in [0.25, 0.3) is 0 Å². The highest BCUT2D eigenvalue weighted by Crippen LogP contribution is 2.28. The Bertz CT molecular complexity index is 555. The fraction of sp³-hybridized carbons (Fsp3) is 0.611. The van der Waals surface area contributed by atoms with Crippen LogP contribution < -0.4 is 4.90 Å². The normalized spacial score (nSPS) is 15.6. The number of hydrogen-bond acceptors (Lipinski definition) is 4. The van der Waals surface area contributed by atoms with E-state index in [9.17, 15) is 4.79 Å². The predicted octanol–water partition coefficient (Wildman–Crippen LogP) is 3.92. The molecular weight excluding hydrogens is 290 g/mol. The largest absolute Gasteiger partial charge is 0.395 e. The number of fused-ring (bicyclic) bond motifs is 1. The lowest BCUT2D eigenvalue weighted by Crippen LogP contribution is -2.36. The molecule has 0 spiro atoms. The van der Waals surface area contributed by atoms with E-state index in [0.717, 1.165) is 18.4 Å². The molecule has 0 aliphatic carbocycles. The summed E-state index contributed by atoms with van der Waals surface area (Å²) in [5.41, 5.74) is 1.13. The topological polar surface area (TPSA) is 54.8 Å². The predicted molar refractivity (Wildman–Crippen MR) is 92.7 cm³/mol. The molecule has 0 saturated carbocycles. The van der Waals surface area contributed by atoms with Crippen LogP contribution in [0, 0.1) is 0 Å². The second-order valence-corrected chi connectivity index (χ2v) is 6.18. The summed E-state index contributed by atoms with van der Waals surface area (Å²) in [5, 5.41) is 4.10. The van der Waals surface area contributed by atoms with Crippen molar-refractivity contribution in [2.45, 2.75) is 65.3 Å². The van der Waals surface area contributed by atoms with Crippen molar-refractivity contribution in [3.05, 3.63) is 23.9 Å². The van der Waals surface area contributed by atoms with Crippen LogP contribution in [0.1, 0.15) is 64.9 Å². The molecule has 126 valence electrons. The number of pyridine rings is 1. The second-order valence-electron chi connectivity index (χ2n) is 6.18. The van der Waals surface area contributed by atoms with Gasteiger partial charge in [-0.2, -0.15) is 0 Å². The summed E-state index contributed by atoms with van der Waals surface area (Å²) in [6.07, 6.45) is 8.89. The Labute approximate surface area is 138 Å². The van der Waals surface area contributed by atoms with Crippen molar-refractivity contribution in [1.29, 1.82) is 0 Å². The maximum atomic E-state index is 12.5. The second kappa shape index (κ2) is 8.65. The highest BCUT2D eigenvalue weighted by molar-refractivity contribution is 6.54. The van der Waals surface area contributed by atoms with Crippen molar-refractivity contribution in [2.75, 3.05) is 11.5 Å². The minimum Gasteiger partial charge on any atom is -0.395 e. The summed E-state index contributed by atoms with van der Waals surface area (Å²) in [7, 11) is 0. The lowest BCUT2D eigenvalue weighted by Gasteiger charge is -2.19. The van der Waals surface area contributed by atoms with Gasteiger partial charge in [-0.1, -0.05) is 37.8 Å². The molecule has 0 atom stereocenters. The van der Waals surface area contributed by atoms with E-state index < -0.39 is 0 Å². The van der Waals surface area contributed by atoms with Gasteiger partial charge in [0.2, 0.25) is 0 Å². The summed E-state index contributed by atoms with van der Waals surface area (Å²) in [6, 6.07) is 3.73. The third-order valence-corrected chi connectivity index (χ3v) is 3.95. The van der Waals surface area contributed by atoms with Crippen molar-refractivity contribution in [3.8, 4) is 0 Å². The van der Waals surface area contributed by atoms with Gasteiger partial charge in [0.25, 0.3) is 5.91 Å². The molecule has 0 fully saturated rings. The zero-order chi connectivity index (χ0) is 16.7. The van der Waals surface area contributed by atoms with E-state index in [1.54, 1.807) is 11.1 Å².